The molecule has 34 heavy (non-hydrogen) atoms. The van der Waals surface area contributed by atoms with E-state index >= 15 is 0 Å². The molecule has 0 bridgehead atoms. The van der Waals surface area contributed by atoms with Gasteiger partial charge in [-0.1, -0.05) is 0 Å². The summed E-state index contributed by atoms with van der Waals surface area (Å²) in [4.78, 5) is 54.5. The van der Waals surface area contributed by atoms with Crippen LogP contribution in [0.5, 0.6) is 0 Å². The minimum atomic E-state index is -1.34. The zero-order chi connectivity index (χ0) is 25.7. The minimum Gasteiger partial charge on any atom is -0.480 e. The Morgan fingerprint density at radius 3 is 2.29 bits per heavy atom. The van der Waals surface area contributed by atoms with Crippen LogP contribution >= 0.6 is 0 Å². The third kappa shape index (κ3) is 9.49. The zero-order valence-corrected chi connectivity index (χ0v) is 19.3. The van der Waals surface area contributed by atoms with Gasteiger partial charge in [0.2, 0.25) is 17.7 Å². The Hall–Kier alpha value is -2.97. The maximum absolute atomic E-state index is 12.9. The number of nitrogens with zero attached hydrogens (tertiary/aromatic N) is 2. The lowest BCUT2D eigenvalue weighted by Crippen LogP contribution is -2.58. The van der Waals surface area contributed by atoms with E-state index in [2.05, 4.69) is 15.6 Å². The number of carboxylic acids is 1. The number of carboxylic acid groups (broad SMARTS) is 1. The zero-order valence-electron chi connectivity index (χ0n) is 19.3. The number of nitrogens with two attached hydrogens (primary N) is 4. The van der Waals surface area contributed by atoms with E-state index in [4.69, 9.17) is 22.9 Å². The number of carbonyl (C=O) groups is 4. The van der Waals surface area contributed by atoms with Gasteiger partial charge in [0, 0.05) is 13.1 Å². The van der Waals surface area contributed by atoms with E-state index in [1.807, 2.05) is 0 Å². The van der Waals surface area contributed by atoms with E-state index in [-0.39, 0.29) is 25.3 Å². The number of likely N-dealkylation sites (tertiary alicyclic amines) is 1. The number of guanidine groups is 1. The molecule has 1 fully saturated rings. The molecule has 1 rings (SSSR count). The normalized spacial score (nSPS) is 18.0. The van der Waals surface area contributed by atoms with Crippen molar-refractivity contribution in [2.75, 3.05) is 26.2 Å². The van der Waals surface area contributed by atoms with Gasteiger partial charge in [0.05, 0.1) is 12.6 Å². The molecule has 0 spiro atoms. The molecule has 0 aromatic rings. The van der Waals surface area contributed by atoms with E-state index in [9.17, 15) is 29.4 Å². The number of hydrogen-bond acceptors (Lipinski definition) is 8. The first kappa shape index (κ1) is 29.1. The molecule has 194 valence electrons. The fourth-order valence-corrected chi connectivity index (χ4v) is 3.64. The fourth-order valence-electron chi connectivity index (χ4n) is 3.64. The predicted molar refractivity (Wildman–Crippen MR) is 124 cm³/mol. The molecule has 0 aliphatic carbocycles. The van der Waals surface area contributed by atoms with Gasteiger partial charge in [-0.3, -0.25) is 19.4 Å². The number of rotatable bonds is 15. The lowest BCUT2D eigenvalue weighted by Gasteiger charge is -2.28. The Bertz CT molecular complexity index is 730. The first-order valence-corrected chi connectivity index (χ1v) is 11.4. The number of unbranched alkanes of at least 4 members (excludes halogenated alkanes) is 1. The van der Waals surface area contributed by atoms with Gasteiger partial charge in [0.1, 0.15) is 18.1 Å². The van der Waals surface area contributed by atoms with Crippen molar-refractivity contribution in [2.24, 2.45) is 27.9 Å². The van der Waals surface area contributed by atoms with E-state index in [1.165, 1.54) is 0 Å². The van der Waals surface area contributed by atoms with Gasteiger partial charge >= 0.3 is 5.97 Å². The Labute approximate surface area is 198 Å². The highest BCUT2D eigenvalue weighted by Gasteiger charge is 2.38. The average molecular weight is 487 g/mol. The second kappa shape index (κ2) is 15.0. The molecule has 0 saturated carbocycles. The summed E-state index contributed by atoms with van der Waals surface area (Å²) < 4.78 is 0. The molecule has 12 N–H and O–H groups in total. The van der Waals surface area contributed by atoms with E-state index in [0.717, 1.165) is 4.90 Å². The summed E-state index contributed by atoms with van der Waals surface area (Å²) in [5.74, 6) is -3.14. The quantitative estimate of drug-likeness (QED) is 0.0644. The average Bonchev–Trinajstić information content (AvgIpc) is 3.29. The molecule has 4 unspecified atom stereocenters. The second-order valence-corrected chi connectivity index (χ2v) is 8.17. The Morgan fingerprint density at radius 2 is 1.71 bits per heavy atom. The van der Waals surface area contributed by atoms with Gasteiger partial charge in [0.25, 0.3) is 0 Å². The molecule has 1 saturated heterocycles. The van der Waals surface area contributed by atoms with Crippen molar-refractivity contribution in [3.8, 4) is 0 Å². The highest BCUT2D eigenvalue weighted by atomic mass is 16.4. The molecule has 14 heteroatoms. The van der Waals surface area contributed by atoms with E-state index in [1.54, 1.807) is 0 Å². The summed E-state index contributed by atoms with van der Waals surface area (Å²) in [6.07, 6.45) is 2.92. The number of aliphatic hydroxyl groups excluding tert-OH is 1. The number of aliphatic imine (C=N–C) groups is 1. The van der Waals surface area contributed by atoms with Crippen molar-refractivity contribution >= 4 is 29.7 Å². The largest absolute Gasteiger partial charge is 0.480 e. The summed E-state index contributed by atoms with van der Waals surface area (Å²) in [7, 11) is 0. The lowest BCUT2D eigenvalue weighted by molar-refractivity contribution is -0.150. The molecule has 0 radical (unpaired) electrons. The predicted octanol–water partition coefficient (Wildman–Crippen LogP) is -3.47. The summed E-state index contributed by atoms with van der Waals surface area (Å²) in [6.45, 7) is 0.197. The van der Waals surface area contributed by atoms with Gasteiger partial charge < -0.3 is 48.7 Å². The van der Waals surface area contributed by atoms with Crippen LogP contribution in [0.4, 0.5) is 0 Å². The van der Waals surface area contributed by atoms with Crippen molar-refractivity contribution in [1.82, 2.24) is 15.5 Å². The van der Waals surface area contributed by atoms with Crippen molar-refractivity contribution in [1.29, 1.82) is 0 Å². The van der Waals surface area contributed by atoms with Crippen LogP contribution < -0.4 is 33.6 Å². The van der Waals surface area contributed by atoms with Crippen LogP contribution in [-0.4, -0.2) is 95.2 Å². The summed E-state index contributed by atoms with van der Waals surface area (Å²) in [5, 5.41) is 24.0. The Morgan fingerprint density at radius 1 is 1.03 bits per heavy atom. The van der Waals surface area contributed by atoms with Crippen LogP contribution in [-0.2, 0) is 19.2 Å². The first-order valence-electron chi connectivity index (χ1n) is 11.4. The smallest absolute Gasteiger partial charge is 0.326 e. The third-order valence-electron chi connectivity index (χ3n) is 5.50. The monoisotopic (exact) mass is 486 g/mol. The standard InChI is InChI=1S/C20H38N8O6/c21-8-2-1-6-13(26-16(30)12(22)5-3-9-25-20(23)24)17(31)27-14(11-29)18(32)28-10-4-7-15(28)19(33)34/h12-15,29H,1-11,21-22H2,(H,26,30)(H,27,31)(H,33,34)(H4,23,24,25). The molecule has 14 nitrogen and oxygen atoms in total. The van der Waals surface area contributed by atoms with Crippen LogP contribution in [0.1, 0.15) is 44.9 Å². The van der Waals surface area contributed by atoms with Gasteiger partial charge in [0.15, 0.2) is 5.96 Å². The highest BCUT2D eigenvalue weighted by Crippen LogP contribution is 2.18. The van der Waals surface area contributed by atoms with E-state index in [0.29, 0.717) is 45.2 Å². The molecular formula is C20H38N8O6. The number of carbonyl (C=O) groups excluding carboxylic acids is 3. The summed E-state index contributed by atoms with van der Waals surface area (Å²) in [5.41, 5.74) is 21.9. The molecule has 1 heterocycles. The van der Waals surface area contributed by atoms with Crippen LogP contribution in [0.15, 0.2) is 4.99 Å². The number of aliphatic carboxylic acids is 1. The van der Waals surface area contributed by atoms with Crippen LogP contribution in [0, 0.1) is 0 Å². The van der Waals surface area contributed by atoms with Crippen LogP contribution in [0.3, 0.4) is 0 Å². The molecule has 0 aromatic heterocycles. The van der Waals surface area contributed by atoms with Crippen LogP contribution in [0.25, 0.3) is 0 Å². The Kier molecular flexibility index (Phi) is 12.8. The summed E-state index contributed by atoms with van der Waals surface area (Å²) >= 11 is 0. The molecule has 0 aromatic carbocycles. The van der Waals surface area contributed by atoms with Gasteiger partial charge in [-0.2, -0.15) is 0 Å². The van der Waals surface area contributed by atoms with E-state index < -0.39 is 54.5 Å². The number of hydrogen-bond donors (Lipinski definition) is 8. The van der Waals surface area contributed by atoms with Gasteiger partial charge in [-0.15, -0.1) is 0 Å². The van der Waals surface area contributed by atoms with Gasteiger partial charge in [-0.25, -0.2) is 4.79 Å². The van der Waals surface area contributed by atoms with Crippen molar-refractivity contribution in [2.45, 2.75) is 69.1 Å². The molecule has 1 aliphatic heterocycles. The first-order chi connectivity index (χ1) is 16.1. The maximum Gasteiger partial charge on any atom is 0.326 e. The lowest BCUT2D eigenvalue weighted by atomic mass is 10.1. The SMILES string of the molecule is NCCCCC(NC(=O)C(N)CCCN=C(N)N)C(=O)NC(CO)C(=O)N1CCCC1C(=O)O. The fraction of sp³-hybridized carbons (Fsp3) is 0.750. The topological polar surface area (TPSA) is 252 Å². The number of nitrogens with one attached hydrogen (secondary N) is 2. The maximum atomic E-state index is 12.9. The second-order valence-electron chi connectivity index (χ2n) is 8.17. The highest BCUT2D eigenvalue weighted by molar-refractivity contribution is 5.94. The van der Waals surface area contributed by atoms with Crippen molar-refractivity contribution in [3.63, 3.8) is 0 Å². The molecule has 4 atom stereocenters. The third-order valence-corrected chi connectivity index (χ3v) is 5.50. The van der Waals surface area contributed by atoms with Crippen molar-refractivity contribution < 1.29 is 29.4 Å². The Balaban J connectivity index is 2.79. The van der Waals surface area contributed by atoms with Gasteiger partial charge in [-0.05, 0) is 51.5 Å². The number of aliphatic hydroxyl groups is 1. The molecule has 1 aliphatic rings. The molecular weight excluding hydrogens is 448 g/mol. The summed E-state index contributed by atoms with van der Waals surface area (Å²) in [6, 6.07) is -4.27. The van der Waals surface area contributed by atoms with Crippen LogP contribution in [0.2, 0.25) is 0 Å². The van der Waals surface area contributed by atoms with Crippen molar-refractivity contribution in [3.05, 3.63) is 0 Å². The number of amides is 3. The molecule has 3 amide bonds. The minimum absolute atomic E-state index is 0.0637.